The van der Waals surface area contributed by atoms with E-state index in [-0.39, 0.29) is 22.6 Å². The van der Waals surface area contributed by atoms with Crippen LogP contribution in [-0.2, 0) is 4.74 Å². The molecule has 0 atom stereocenters. The molecule has 0 aromatic heterocycles. The SMILES string of the molecule is COC1=CC(=O)c2c(O)cc(OC)c(O)c2C1=O. The molecule has 1 aromatic carbocycles. The summed E-state index contributed by atoms with van der Waals surface area (Å²) in [5, 5.41) is 19.6. The molecule has 0 amide bonds. The number of phenols is 2. The predicted molar refractivity (Wildman–Crippen MR) is 60.1 cm³/mol. The molecular formula is C12H10O6. The number of benzene rings is 1. The monoisotopic (exact) mass is 250 g/mol. The number of methoxy groups -OCH3 is 2. The number of rotatable bonds is 2. The van der Waals surface area contributed by atoms with Crippen LogP contribution in [0.25, 0.3) is 0 Å². The molecule has 2 N–H and O–H groups in total. The van der Waals surface area contributed by atoms with Crippen LogP contribution in [0, 0.1) is 0 Å². The van der Waals surface area contributed by atoms with E-state index < -0.39 is 23.1 Å². The second-order valence-corrected chi connectivity index (χ2v) is 3.60. The second kappa shape index (κ2) is 4.06. The van der Waals surface area contributed by atoms with Crippen LogP contribution in [0.15, 0.2) is 17.9 Å². The summed E-state index contributed by atoms with van der Waals surface area (Å²) in [4.78, 5) is 23.7. The molecule has 0 aliphatic heterocycles. The zero-order valence-corrected chi connectivity index (χ0v) is 9.68. The van der Waals surface area contributed by atoms with Crippen molar-refractivity contribution >= 4 is 11.6 Å². The molecule has 0 saturated heterocycles. The number of ketones is 2. The molecule has 6 nitrogen and oxygen atoms in total. The number of carbonyl (C=O) groups is 2. The van der Waals surface area contributed by atoms with Crippen molar-refractivity contribution in [3.63, 3.8) is 0 Å². The molecule has 0 radical (unpaired) electrons. The van der Waals surface area contributed by atoms with Gasteiger partial charge in [0.1, 0.15) is 5.75 Å². The summed E-state index contributed by atoms with van der Waals surface area (Å²) in [6, 6.07) is 1.07. The molecule has 0 spiro atoms. The van der Waals surface area contributed by atoms with Crippen molar-refractivity contribution in [2.24, 2.45) is 0 Å². The highest BCUT2D eigenvalue weighted by Crippen LogP contribution is 2.41. The van der Waals surface area contributed by atoms with E-state index in [0.29, 0.717) is 0 Å². The Labute approximate surface area is 102 Å². The first-order chi connectivity index (χ1) is 8.51. The highest BCUT2D eigenvalue weighted by atomic mass is 16.5. The van der Waals surface area contributed by atoms with Crippen LogP contribution in [0.2, 0.25) is 0 Å². The number of allylic oxidation sites excluding steroid dienone is 2. The Morgan fingerprint density at radius 2 is 1.72 bits per heavy atom. The van der Waals surface area contributed by atoms with Crippen molar-refractivity contribution in [3.8, 4) is 17.2 Å². The van der Waals surface area contributed by atoms with Gasteiger partial charge in [-0.1, -0.05) is 0 Å². The van der Waals surface area contributed by atoms with Crippen LogP contribution in [0.5, 0.6) is 17.2 Å². The molecule has 6 heteroatoms. The van der Waals surface area contributed by atoms with Gasteiger partial charge in [-0.3, -0.25) is 9.59 Å². The lowest BCUT2D eigenvalue weighted by Gasteiger charge is -2.17. The van der Waals surface area contributed by atoms with Crippen molar-refractivity contribution in [2.75, 3.05) is 14.2 Å². The van der Waals surface area contributed by atoms with Gasteiger partial charge in [-0.05, 0) is 0 Å². The number of phenolic OH excluding ortho intramolecular Hbond substituents is 2. The fourth-order valence-corrected chi connectivity index (χ4v) is 1.79. The maximum absolute atomic E-state index is 12.0. The molecule has 0 fully saturated rings. The lowest BCUT2D eigenvalue weighted by Crippen LogP contribution is -2.18. The number of Topliss-reactive ketones (excluding diaryl/α,β-unsaturated/α-hetero) is 1. The Morgan fingerprint density at radius 3 is 2.28 bits per heavy atom. The summed E-state index contributed by atoms with van der Waals surface area (Å²) < 4.78 is 9.57. The molecule has 1 aliphatic rings. The average molecular weight is 250 g/mol. The largest absolute Gasteiger partial charge is 0.507 e. The van der Waals surface area contributed by atoms with E-state index in [9.17, 15) is 19.8 Å². The number of aromatic hydroxyl groups is 2. The maximum atomic E-state index is 12.0. The number of carbonyl (C=O) groups excluding carboxylic acids is 2. The van der Waals surface area contributed by atoms with Gasteiger partial charge >= 0.3 is 0 Å². The van der Waals surface area contributed by atoms with E-state index in [4.69, 9.17) is 9.47 Å². The Morgan fingerprint density at radius 1 is 1.06 bits per heavy atom. The first-order valence-electron chi connectivity index (χ1n) is 4.98. The van der Waals surface area contributed by atoms with Gasteiger partial charge in [0.2, 0.25) is 5.78 Å². The fraction of sp³-hybridized carbons (Fsp3) is 0.167. The van der Waals surface area contributed by atoms with Gasteiger partial charge in [0.05, 0.1) is 25.3 Å². The van der Waals surface area contributed by atoms with E-state index in [1.165, 1.54) is 14.2 Å². The highest BCUT2D eigenvalue weighted by Gasteiger charge is 2.33. The summed E-state index contributed by atoms with van der Waals surface area (Å²) in [5.74, 6) is -2.51. The van der Waals surface area contributed by atoms with Gasteiger partial charge in [0, 0.05) is 12.1 Å². The van der Waals surface area contributed by atoms with Gasteiger partial charge in [-0.25, -0.2) is 0 Å². The predicted octanol–water partition coefficient (Wildman–Crippen LogP) is 1.02. The highest BCUT2D eigenvalue weighted by molar-refractivity contribution is 6.26. The lowest BCUT2D eigenvalue weighted by molar-refractivity contribution is 0.0911. The van der Waals surface area contributed by atoms with Crippen molar-refractivity contribution in [1.82, 2.24) is 0 Å². The summed E-state index contributed by atoms with van der Waals surface area (Å²) >= 11 is 0. The molecule has 0 unspecified atom stereocenters. The van der Waals surface area contributed by atoms with E-state index in [2.05, 4.69) is 0 Å². The average Bonchev–Trinajstić information content (AvgIpc) is 2.35. The number of hydrogen-bond acceptors (Lipinski definition) is 6. The minimum atomic E-state index is -0.682. The molecule has 94 valence electrons. The minimum absolute atomic E-state index is 0.0928. The third kappa shape index (κ3) is 1.50. The van der Waals surface area contributed by atoms with Crippen molar-refractivity contribution in [1.29, 1.82) is 0 Å². The van der Waals surface area contributed by atoms with E-state index in [1.807, 2.05) is 0 Å². The molecule has 0 saturated carbocycles. The van der Waals surface area contributed by atoms with Crippen LogP contribution in [0.4, 0.5) is 0 Å². The van der Waals surface area contributed by atoms with Crippen LogP contribution in [0.3, 0.4) is 0 Å². The molecule has 1 aromatic rings. The smallest absolute Gasteiger partial charge is 0.232 e. The molecule has 0 bridgehead atoms. The third-order valence-electron chi connectivity index (χ3n) is 2.64. The standard InChI is InChI=1S/C12H10O6/c1-17-7-3-5(13)9-6(14)4-8(18-2)12(16)10(9)11(7)15/h3-4,13,15H,1-2H3. The third-order valence-corrected chi connectivity index (χ3v) is 2.64. The minimum Gasteiger partial charge on any atom is -0.507 e. The van der Waals surface area contributed by atoms with E-state index >= 15 is 0 Å². The molecule has 18 heavy (non-hydrogen) atoms. The fourth-order valence-electron chi connectivity index (χ4n) is 1.79. The zero-order valence-electron chi connectivity index (χ0n) is 9.68. The van der Waals surface area contributed by atoms with E-state index in [0.717, 1.165) is 12.1 Å². The zero-order chi connectivity index (χ0) is 13.4. The first-order valence-corrected chi connectivity index (χ1v) is 4.98. The molecule has 2 rings (SSSR count). The van der Waals surface area contributed by atoms with Crippen LogP contribution < -0.4 is 4.74 Å². The topological polar surface area (TPSA) is 93.1 Å². The first kappa shape index (κ1) is 12.0. The van der Waals surface area contributed by atoms with Gasteiger partial charge in [0.25, 0.3) is 0 Å². The van der Waals surface area contributed by atoms with Gasteiger partial charge < -0.3 is 19.7 Å². The van der Waals surface area contributed by atoms with Gasteiger partial charge in [-0.15, -0.1) is 0 Å². The Hall–Kier alpha value is -2.50. The van der Waals surface area contributed by atoms with Gasteiger partial charge in [0.15, 0.2) is 23.0 Å². The van der Waals surface area contributed by atoms with Gasteiger partial charge in [-0.2, -0.15) is 0 Å². The summed E-state index contributed by atoms with van der Waals surface area (Å²) in [5.41, 5.74) is -0.560. The number of hydrogen-bond donors (Lipinski definition) is 2. The number of ether oxygens (including phenoxy) is 2. The molecule has 1 aliphatic carbocycles. The summed E-state index contributed by atoms with van der Waals surface area (Å²) in [7, 11) is 2.50. The Kier molecular flexibility index (Phi) is 2.70. The molecule has 0 heterocycles. The van der Waals surface area contributed by atoms with Crippen molar-refractivity contribution in [2.45, 2.75) is 0 Å². The Balaban J connectivity index is 2.78. The van der Waals surface area contributed by atoms with Crippen molar-refractivity contribution in [3.05, 3.63) is 29.0 Å². The van der Waals surface area contributed by atoms with E-state index in [1.54, 1.807) is 0 Å². The Bertz CT molecular complexity index is 585. The maximum Gasteiger partial charge on any atom is 0.232 e. The summed E-state index contributed by atoms with van der Waals surface area (Å²) in [6.07, 6.45) is 0.969. The molecular weight excluding hydrogens is 240 g/mol. The lowest BCUT2D eigenvalue weighted by atomic mass is 9.91. The number of fused-ring (bicyclic) bond motifs is 1. The van der Waals surface area contributed by atoms with Crippen LogP contribution in [-0.4, -0.2) is 36.0 Å². The normalized spacial score (nSPS) is 14.0. The summed E-state index contributed by atoms with van der Waals surface area (Å²) in [6.45, 7) is 0. The second-order valence-electron chi connectivity index (χ2n) is 3.60. The van der Waals surface area contributed by atoms with Crippen molar-refractivity contribution < 1.29 is 29.3 Å². The van der Waals surface area contributed by atoms with Crippen LogP contribution >= 0.6 is 0 Å². The van der Waals surface area contributed by atoms with Crippen LogP contribution in [0.1, 0.15) is 20.7 Å². The quantitative estimate of drug-likeness (QED) is 0.761.